The molecule has 4 N–H and O–H groups in total. The molecule has 0 bridgehead atoms. The van der Waals surface area contributed by atoms with E-state index in [0.29, 0.717) is 0 Å². The number of carboxylic acids is 1. The van der Waals surface area contributed by atoms with Crippen LogP contribution in [0.1, 0.15) is 51.9 Å². The van der Waals surface area contributed by atoms with Gasteiger partial charge in [-0.25, -0.2) is 14.6 Å². The van der Waals surface area contributed by atoms with E-state index in [0.717, 1.165) is 0 Å². The first-order chi connectivity index (χ1) is 14.1. The van der Waals surface area contributed by atoms with Crippen molar-refractivity contribution in [3.63, 3.8) is 0 Å². The molecule has 0 aliphatic rings. The SMILES string of the molecule is CC(C)(C)OC(=O)NC(=Nc1cccc(C(=O)NCC(=O)O)c1)NC(=O)OC(C)(C)C. The number of hydrogen-bond acceptors (Lipinski definition) is 7. The first-order valence-corrected chi connectivity index (χ1v) is 9.33. The monoisotopic (exact) mass is 436 g/mol. The molecular weight excluding hydrogens is 408 g/mol. The number of hydrogen-bond donors (Lipinski definition) is 4. The zero-order valence-corrected chi connectivity index (χ0v) is 18.4. The summed E-state index contributed by atoms with van der Waals surface area (Å²) in [5, 5.41) is 15.6. The Morgan fingerprint density at radius 3 is 1.90 bits per heavy atom. The number of aliphatic carboxylic acids is 1. The minimum atomic E-state index is -1.19. The van der Waals surface area contributed by atoms with E-state index in [-0.39, 0.29) is 17.2 Å². The van der Waals surface area contributed by atoms with Crippen molar-refractivity contribution >= 4 is 35.7 Å². The van der Waals surface area contributed by atoms with E-state index in [9.17, 15) is 19.2 Å². The second kappa shape index (κ2) is 10.4. The molecule has 31 heavy (non-hydrogen) atoms. The molecule has 0 atom stereocenters. The molecule has 170 valence electrons. The van der Waals surface area contributed by atoms with E-state index < -0.39 is 41.8 Å². The number of aliphatic imine (C=N–C) groups is 1. The van der Waals surface area contributed by atoms with E-state index in [2.05, 4.69) is 20.9 Å². The van der Waals surface area contributed by atoms with Gasteiger partial charge in [0.05, 0.1) is 5.69 Å². The summed E-state index contributed by atoms with van der Waals surface area (Å²) >= 11 is 0. The number of nitrogens with zero attached hydrogens (tertiary/aromatic N) is 1. The van der Waals surface area contributed by atoms with Crippen LogP contribution in [0.25, 0.3) is 0 Å². The van der Waals surface area contributed by atoms with Crippen LogP contribution in [0, 0.1) is 0 Å². The van der Waals surface area contributed by atoms with E-state index in [4.69, 9.17) is 14.6 Å². The van der Waals surface area contributed by atoms with Crippen LogP contribution in [0.15, 0.2) is 29.3 Å². The Morgan fingerprint density at radius 2 is 1.45 bits per heavy atom. The summed E-state index contributed by atoms with van der Waals surface area (Å²) in [5.41, 5.74) is -1.24. The Labute approximate surface area is 180 Å². The molecule has 0 radical (unpaired) electrons. The number of ether oxygens (including phenoxy) is 2. The van der Waals surface area contributed by atoms with Crippen LogP contribution in [-0.2, 0) is 14.3 Å². The standard InChI is InChI=1S/C20H28N4O7/c1-19(2,3)30-17(28)23-16(24-18(29)31-20(4,5)6)22-13-9-7-8-12(10-13)15(27)21-11-14(25)26/h7-10H,11H2,1-6H3,(H,21,27)(H,25,26)(H2,22,23,24,28,29). The molecule has 0 unspecified atom stereocenters. The number of benzene rings is 1. The highest BCUT2D eigenvalue weighted by atomic mass is 16.6. The molecule has 0 saturated heterocycles. The summed E-state index contributed by atoms with van der Waals surface area (Å²) in [6.45, 7) is 9.48. The fourth-order valence-corrected chi connectivity index (χ4v) is 1.99. The second-order valence-electron chi connectivity index (χ2n) is 8.34. The molecule has 3 amide bonds. The summed E-state index contributed by atoms with van der Waals surface area (Å²) in [7, 11) is 0. The normalized spacial score (nSPS) is 11.0. The van der Waals surface area contributed by atoms with Crippen molar-refractivity contribution < 1.29 is 33.8 Å². The molecule has 0 saturated carbocycles. The van der Waals surface area contributed by atoms with Gasteiger partial charge in [-0.05, 0) is 59.7 Å². The van der Waals surface area contributed by atoms with Gasteiger partial charge in [-0.3, -0.25) is 20.2 Å². The lowest BCUT2D eigenvalue weighted by Gasteiger charge is -2.22. The molecule has 11 nitrogen and oxygen atoms in total. The van der Waals surface area contributed by atoms with Gasteiger partial charge >= 0.3 is 18.2 Å². The number of carbonyl (C=O) groups excluding carboxylic acids is 3. The minimum absolute atomic E-state index is 0.136. The number of alkyl carbamates (subject to hydrolysis) is 2. The van der Waals surface area contributed by atoms with Crippen LogP contribution >= 0.6 is 0 Å². The summed E-state index contributed by atoms with van der Waals surface area (Å²) < 4.78 is 10.3. The maximum absolute atomic E-state index is 12.1. The predicted octanol–water partition coefficient (Wildman–Crippen LogP) is 2.54. The minimum Gasteiger partial charge on any atom is -0.480 e. The summed E-state index contributed by atoms with van der Waals surface area (Å²) in [6.07, 6.45) is -1.73. The molecular formula is C20H28N4O7. The predicted molar refractivity (Wildman–Crippen MR) is 112 cm³/mol. The van der Waals surface area contributed by atoms with Crippen LogP contribution in [0.2, 0.25) is 0 Å². The van der Waals surface area contributed by atoms with Crippen LogP contribution in [0.3, 0.4) is 0 Å². The van der Waals surface area contributed by atoms with Gasteiger partial charge in [-0.2, -0.15) is 0 Å². The van der Waals surface area contributed by atoms with Crippen molar-refractivity contribution in [3.8, 4) is 0 Å². The van der Waals surface area contributed by atoms with Crippen molar-refractivity contribution in [1.82, 2.24) is 16.0 Å². The Kier molecular flexibility index (Phi) is 8.54. The number of carbonyl (C=O) groups is 4. The topological polar surface area (TPSA) is 155 Å². The van der Waals surface area contributed by atoms with Gasteiger partial charge in [-0.15, -0.1) is 0 Å². The first-order valence-electron chi connectivity index (χ1n) is 9.33. The van der Waals surface area contributed by atoms with E-state index >= 15 is 0 Å². The Hall–Kier alpha value is -3.63. The van der Waals surface area contributed by atoms with Crippen molar-refractivity contribution in [3.05, 3.63) is 29.8 Å². The molecule has 0 spiro atoms. The van der Waals surface area contributed by atoms with E-state index in [1.807, 2.05) is 0 Å². The second-order valence-corrected chi connectivity index (χ2v) is 8.34. The van der Waals surface area contributed by atoms with Crippen molar-refractivity contribution in [2.24, 2.45) is 4.99 Å². The smallest absolute Gasteiger partial charge is 0.414 e. The maximum atomic E-state index is 12.1. The molecule has 0 aromatic heterocycles. The van der Waals surface area contributed by atoms with Gasteiger partial charge in [-0.1, -0.05) is 6.07 Å². The van der Waals surface area contributed by atoms with Gasteiger partial charge in [0.15, 0.2) is 0 Å². The Balaban J connectivity index is 3.11. The third-order valence-electron chi connectivity index (χ3n) is 2.99. The maximum Gasteiger partial charge on any atom is 0.414 e. The third kappa shape index (κ3) is 11.2. The first kappa shape index (κ1) is 25.4. The lowest BCUT2D eigenvalue weighted by molar-refractivity contribution is -0.135. The number of rotatable bonds is 4. The lowest BCUT2D eigenvalue weighted by atomic mass is 10.2. The number of carboxylic acid groups (broad SMARTS) is 1. The summed E-state index contributed by atoms with van der Waals surface area (Å²) in [6, 6.07) is 5.83. The Morgan fingerprint density at radius 1 is 0.935 bits per heavy atom. The fraction of sp³-hybridized carbons (Fsp3) is 0.450. The number of nitrogens with one attached hydrogen (secondary N) is 3. The van der Waals surface area contributed by atoms with Crippen molar-refractivity contribution in [1.29, 1.82) is 0 Å². The van der Waals surface area contributed by atoms with Crippen LogP contribution in [0.4, 0.5) is 15.3 Å². The zero-order valence-electron chi connectivity index (χ0n) is 18.4. The van der Waals surface area contributed by atoms with Gasteiger partial charge in [0.25, 0.3) is 5.91 Å². The molecule has 0 heterocycles. The fourth-order valence-electron chi connectivity index (χ4n) is 1.99. The average Bonchev–Trinajstić information content (AvgIpc) is 2.56. The largest absolute Gasteiger partial charge is 0.480 e. The van der Waals surface area contributed by atoms with Gasteiger partial charge in [0.1, 0.15) is 17.7 Å². The molecule has 1 aromatic carbocycles. The quantitative estimate of drug-likeness (QED) is 0.417. The van der Waals surface area contributed by atoms with Gasteiger partial charge in [0, 0.05) is 5.56 Å². The highest BCUT2D eigenvalue weighted by Gasteiger charge is 2.21. The Bertz CT molecular complexity index is 835. The number of amides is 3. The van der Waals surface area contributed by atoms with Crippen LogP contribution in [-0.4, -0.2) is 52.9 Å². The van der Waals surface area contributed by atoms with Gasteiger partial charge in [0.2, 0.25) is 5.96 Å². The lowest BCUT2D eigenvalue weighted by Crippen LogP contribution is -2.47. The van der Waals surface area contributed by atoms with Gasteiger partial charge < -0.3 is 19.9 Å². The molecule has 0 aliphatic heterocycles. The molecule has 0 fully saturated rings. The average molecular weight is 436 g/mol. The van der Waals surface area contributed by atoms with Crippen molar-refractivity contribution in [2.75, 3.05) is 6.54 Å². The molecule has 1 rings (SSSR count). The third-order valence-corrected chi connectivity index (χ3v) is 2.99. The van der Waals surface area contributed by atoms with E-state index in [1.54, 1.807) is 41.5 Å². The molecule has 1 aromatic rings. The van der Waals surface area contributed by atoms with Crippen LogP contribution < -0.4 is 16.0 Å². The highest BCUT2D eigenvalue weighted by Crippen LogP contribution is 2.15. The molecule has 0 aliphatic carbocycles. The van der Waals surface area contributed by atoms with Crippen molar-refractivity contribution in [2.45, 2.75) is 52.7 Å². The zero-order chi connectivity index (χ0) is 23.8. The van der Waals surface area contributed by atoms with Crippen LogP contribution in [0.5, 0.6) is 0 Å². The summed E-state index contributed by atoms with van der Waals surface area (Å²) in [5.74, 6) is -2.10. The molecule has 11 heteroatoms. The van der Waals surface area contributed by atoms with E-state index in [1.165, 1.54) is 24.3 Å². The number of guanidine groups is 1. The summed E-state index contributed by atoms with van der Waals surface area (Å²) in [4.78, 5) is 51.0. The highest BCUT2D eigenvalue weighted by molar-refractivity contribution is 6.03.